The maximum absolute atomic E-state index is 10.2. The van der Waals surface area contributed by atoms with Crippen LogP contribution in [0.15, 0.2) is 91.0 Å². The van der Waals surface area contributed by atoms with Gasteiger partial charge < -0.3 is 20.4 Å². The van der Waals surface area contributed by atoms with Crippen molar-refractivity contribution < 1.29 is 39.6 Å². The third-order valence-corrected chi connectivity index (χ3v) is 3.06. The third kappa shape index (κ3) is 14.2. The van der Waals surface area contributed by atoms with Crippen molar-refractivity contribution in [2.45, 2.75) is 6.92 Å². The highest BCUT2D eigenvalue weighted by Crippen LogP contribution is 1.97. The lowest BCUT2D eigenvalue weighted by Gasteiger charge is -1.88. The van der Waals surface area contributed by atoms with Crippen LogP contribution in [0.2, 0.25) is 0 Å². The molecule has 8 nitrogen and oxygen atoms in total. The van der Waals surface area contributed by atoms with Crippen LogP contribution in [0.1, 0.15) is 38.0 Å². The van der Waals surface area contributed by atoms with Gasteiger partial charge in [-0.25, -0.2) is 14.4 Å². The monoisotopic (exact) mass is 426 g/mol. The fourth-order valence-corrected chi connectivity index (χ4v) is 1.74. The van der Waals surface area contributed by atoms with E-state index in [1.807, 2.05) is 0 Å². The minimum absolute atomic E-state index is 0.331. The first-order chi connectivity index (χ1) is 14.6. The number of hydrogen-bond donors (Lipinski definition) is 4. The zero-order valence-corrected chi connectivity index (χ0v) is 16.6. The Balaban J connectivity index is 0.000000402. The Morgan fingerprint density at radius 2 is 0.613 bits per heavy atom. The van der Waals surface area contributed by atoms with E-state index in [0.717, 1.165) is 6.92 Å². The molecule has 0 fully saturated rings. The van der Waals surface area contributed by atoms with Crippen molar-refractivity contribution in [3.8, 4) is 0 Å². The smallest absolute Gasteiger partial charge is 0.335 e. The van der Waals surface area contributed by atoms with E-state index in [0.29, 0.717) is 16.7 Å². The lowest BCUT2D eigenvalue weighted by molar-refractivity contribution is -0.134. The Morgan fingerprint density at radius 3 is 0.710 bits per heavy atom. The normalized spacial score (nSPS) is 8.55. The van der Waals surface area contributed by atoms with Crippen LogP contribution in [0.4, 0.5) is 0 Å². The molecular formula is C23H22O8. The molecule has 4 N–H and O–H groups in total. The summed E-state index contributed by atoms with van der Waals surface area (Å²) in [7, 11) is 0. The predicted molar refractivity (Wildman–Crippen MR) is 114 cm³/mol. The molecule has 0 atom stereocenters. The maximum atomic E-state index is 10.2. The van der Waals surface area contributed by atoms with Gasteiger partial charge in [0, 0.05) is 6.92 Å². The minimum Gasteiger partial charge on any atom is -0.481 e. The number of carboxylic acids is 4. The van der Waals surface area contributed by atoms with E-state index in [4.69, 9.17) is 25.2 Å². The molecule has 31 heavy (non-hydrogen) atoms. The second-order valence-electron chi connectivity index (χ2n) is 5.53. The van der Waals surface area contributed by atoms with Crippen LogP contribution < -0.4 is 0 Å². The number of carboxylic acid groups (broad SMARTS) is 4. The van der Waals surface area contributed by atoms with E-state index in [-0.39, 0.29) is 0 Å². The van der Waals surface area contributed by atoms with Crippen molar-refractivity contribution in [1.82, 2.24) is 0 Å². The van der Waals surface area contributed by atoms with E-state index in [9.17, 15) is 14.4 Å². The third-order valence-electron chi connectivity index (χ3n) is 3.06. The zero-order chi connectivity index (χ0) is 23.6. The van der Waals surface area contributed by atoms with Crippen LogP contribution in [-0.2, 0) is 4.79 Å². The fourth-order valence-electron chi connectivity index (χ4n) is 1.74. The van der Waals surface area contributed by atoms with E-state index < -0.39 is 23.9 Å². The molecule has 0 amide bonds. The zero-order valence-electron chi connectivity index (χ0n) is 16.6. The van der Waals surface area contributed by atoms with E-state index in [1.165, 1.54) is 0 Å². The minimum atomic E-state index is -0.879. The first-order valence-corrected chi connectivity index (χ1v) is 8.69. The SMILES string of the molecule is CC(=O)O.O=C(O)c1ccccc1.O=C(O)c1ccccc1.O=C(O)c1ccccc1. The summed E-state index contributed by atoms with van der Waals surface area (Å²) >= 11 is 0. The molecule has 0 aromatic heterocycles. The molecule has 0 aliphatic carbocycles. The summed E-state index contributed by atoms with van der Waals surface area (Å²) in [6.07, 6.45) is 0. The number of carbonyl (C=O) groups is 4. The van der Waals surface area contributed by atoms with Crippen molar-refractivity contribution in [2.24, 2.45) is 0 Å². The molecule has 0 bridgehead atoms. The lowest BCUT2D eigenvalue weighted by atomic mass is 10.2. The Labute approximate surface area is 178 Å². The van der Waals surface area contributed by atoms with Gasteiger partial charge in [0.05, 0.1) is 16.7 Å². The van der Waals surface area contributed by atoms with Gasteiger partial charge in [0.1, 0.15) is 0 Å². The summed E-state index contributed by atoms with van der Waals surface area (Å²) in [5.74, 6) is -3.47. The lowest BCUT2D eigenvalue weighted by Crippen LogP contribution is -1.93. The molecule has 0 saturated carbocycles. The molecule has 8 heteroatoms. The molecule has 0 saturated heterocycles. The predicted octanol–water partition coefficient (Wildman–Crippen LogP) is 4.25. The quantitative estimate of drug-likeness (QED) is 0.486. The van der Waals surface area contributed by atoms with Gasteiger partial charge in [-0.1, -0.05) is 54.6 Å². The fraction of sp³-hybridized carbons (Fsp3) is 0.0435. The van der Waals surface area contributed by atoms with Crippen LogP contribution >= 0.6 is 0 Å². The first-order valence-electron chi connectivity index (χ1n) is 8.69. The second kappa shape index (κ2) is 15.5. The van der Waals surface area contributed by atoms with E-state index >= 15 is 0 Å². The van der Waals surface area contributed by atoms with Crippen LogP contribution in [0.3, 0.4) is 0 Å². The molecule has 162 valence electrons. The van der Waals surface area contributed by atoms with Crippen molar-refractivity contribution in [2.75, 3.05) is 0 Å². The number of aromatic carboxylic acids is 3. The molecule has 3 aromatic carbocycles. The Hall–Kier alpha value is -4.46. The summed E-state index contributed by atoms with van der Waals surface area (Å²) in [6, 6.07) is 24.9. The molecule has 3 aromatic rings. The molecule has 0 unspecified atom stereocenters. The van der Waals surface area contributed by atoms with Gasteiger partial charge in [-0.3, -0.25) is 4.79 Å². The highest BCUT2D eigenvalue weighted by atomic mass is 16.4. The Kier molecular flexibility index (Phi) is 13.2. The molecule has 0 aliphatic heterocycles. The topological polar surface area (TPSA) is 149 Å². The van der Waals surface area contributed by atoms with Gasteiger partial charge in [0.2, 0.25) is 0 Å². The van der Waals surface area contributed by atoms with Gasteiger partial charge in [-0.15, -0.1) is 0 Å². The van der Waals surface area contributed by atoms with Gasteiger partial charge in [0.25, 0.3) is 5.97 Å². The van der Waals surface area contributed by atoms with Crippen LogP contribution in [0.5, 0.6) is 0 Å². The summed E-state index contributed by atoms with van der Waals surface area (Å²) in [6.45, 7) is 1.08. The number of aliphatic carboxylic acids is 1. The van der Waals surface area contributed by atoms with Gasteiger partial charge >= 0.3 is 17.9 Å². The van der Waals surface area contributed by atoms with Crippen molar-refractivity contribution in [3.63, 3.8) is 0 Å². The van der Waals surface area contributed by atoms with Crippen molar-refractivity contribution in [1.29, 1.82) is 0 Å². The van der Waals surface area contributed by atoms with Crippen LogP contribution in [-0.4, -0.2) is 44.3 Å². The molecule has 0 aliphatic rings. The number of hydrogen-bond acceptors (Lipinski definition) is 4. The Bertz CT molecular complexity index is 817. The first kappa shape index (κ1) is 26.5. The summed E-state index contributed by atoms with van der Waals surface area (Å²) in [4.78, 5) is 39.6. The maximum Gasteiger partial charge on any atom is 0.335 e. The number of benzene rings is 3. The highest BCUT2D eigenvalue weighted by Gasteiger charge is 1.98. The van der Waals surface area contributed by atoms with E-state index in [1.54, 1.807) is 91.0 Å². The molecule has 0 heterocycles. The summed E-state index contributed by atoms with van der Waals surface area (Å²) in [5.41, 5.74) is 0.993. The summed E-state index contributed by atoms with van der Waals surface area (Å²) < 4.78 is 0. The molecule has 3 rings (SSSR count). The van der Waals surface area contributed by atoms with Crippen LogP contribution in [0.25, 0.3) is 0 Å². The highest BCUT2D eigenvalue weighted by molar-refractivity contribution is 5.88. The van der Waals surface area contributed by atoms with Gasteiger partial charge in [-0.05, 0) is 36.4 Å². The van der Waals surface area contributed by atoms with Gasteiger partial charge in [-0.2, -0.15) is 0 Å². The van der Waals surface area contributed by atoms with E-state index in [2.05, 4.69) is 0 Å². The number of rotatable bonds is 3. The van der Waals surface area contributed by atoms with Crippen molar-refractivity contribution in [3.05, 3.63) is 108 Å². The second-order valence-corrected chi connectivity index (χ2v) is 5.53. The van der Waals surface area contributed by atoms with Crippen molar-refractivity contribution >= 4 is 23.9 Å². The summed E-state index contributed by atoms with van der Waals surface area (Å²) in [5, 5.41) is 32.6. The van der Waals surface area contributed by atoms with Crippen LogP contribution in [0, 0.1) is 0 Å². The average Bonchev–Trinajstić information content (AvgIpc) is 2.76. The average molecular weight is 426 g/mol. The molecule has 0 radical (unpaired) electrons. The van der Waals surface area contributed by atoms with Gasteiger partial charge in [0.15, 0.2) is 0 Å². The standard InChI is InChI=1S/3C7H6O2.C2H4O2/c3*8-7(9)6-4-2-1-3-5-6;1-2(3)4/h3*1-5H,(H,8,9);1H3,(H,3,4). The largest absolute Gasteiger partial charge is 0.481 e. The Morgan fingerprint density at radius 1 is 0.452 bits per heavy atom. The molecule has 0 spiro atoms. The molecular weight excluding hydrogens is 404 g/mol.